The van der Waals surface area contributed by atoms with E-state index in [0.29, 0.717) is 0 Å². The van der Waals surface area contributed by atoms with Crippen LogP contribution in [0.2, 0.25) is 0 Å². The molecule has 2 amide bonds. The molecule has 70 valence electrons. The third-order valence-electron chi connectivity index (χ3n) is 1.26. The lowest BCUT2D eigenvalue weighted by atomic mass is 10.2. The van der Waals surface area contributed by atoms with Crippen molar-refractivity contribution in [2.45, 2.75) is 31.7 Å². The van der Waals surface area contributed by atoms with Gasteiger partial charge >= 0.3 is 0 Å². The average molecular weight is 193 g/mol. The molecule has 5 heteroatoms. The van der Waals surface area contributed by atoms with Gasteiger partial charge in [-0.1, -0.05) is 0 Å². The first-order chi connectivity index (χ1) is 5.43. The van der Waals surface area contributed by atoms with Crippen molar-refractivity contribution >= 4 is 23.4 Å². The summed E-state index contributed by atoms with van der Waals surface area (Å²) in [6, 6.07) is -0.254. The van der Waals surface area contributed by atoms with Gasteiger partial charge in [0.05, 0.1) is 0 Å². The van der Waals surface area contributed by atoms with E-state index in [0.717, 1.165) is 0 Å². The van der Waals surface area contributed by atoms with Gasteiger partial charge in [-0.3, -0.25) is 9.59 Å². The lowest BCUT2D eigenvalue weighted by Gasteiger charge is -2.12. The van der Waals surface area contributed by atoms with Crippen LogP contribution in [0, 0.1) is 0 Å². The number of nitrogens with two attached hydrogens (primary N) is 1. The fourth-order valence-corrected chi connectivity index (χ4v) is 0.773. The van der Waals surface area contributed by atoms with E-state index in [-0.39, 0.29) is 18.4 Å². The predicted molar refractivity (Wildman–Crippen MR) is 46.7 cm³/mol. The molecule has 0 fully saturated rings. The molecular formula is C7H13ClN2O2. The van der Waals surface area contributed by atoms with E-state index in [1.54, 1.807) is 13.8 Å². The highest BCUT2D eigenvalue weighted by Crippen LogP contribution is 1.95. The van der Waals surface area contributed by atoms with Gasteiger partial charge in [-0.2, -0.15) is 0 Å². The molecule has 0 saturated carbocycles. The Hall–Kier alpha value is -0.770. The van der Waals surface area contributed by atoms with Crippen LogP contribution in [0.25, 0.3) is 0 Å². The van der Waals surface area contributed by atoms with Crippen LogP contribution >= 0.6 is 11.6 Å². The van der Waals surface area contributed by atoms with Gasteiger partial charge in [-0.05, 0) is 13.8 Å². The number of carbonyl (C=O) groups excluding carboxylic acids is 2. The lowest BCUT2D eigenvalue weighted by Crippen LogP contribution is -2.39. The van der Waals surface area contributed by atoms with Gasteiger partial charge in [0.2, 0.25) is 11.8 Å². The second kappa shape index (κ2) is 4.98. The summed E-state index contributed by atoms with van der Waals surface area (Å²) in [5.41, 5.74) is 4.92. The van der Waals surface area contributed by atoms with Crippen LogP contribution in [-0.4, -0.2) is 23.2 Å². The summed E-state index contributed by atoms with van der Waals surface area (Å²) in [5.74, 6) is -0.726. The molecule has 0 radical (unpaired) electrons. The molecule has 0 aliphatic rings. The van der Waals surface area contributed by atoms with Gasteiger partial charge in [0.15, 0.2) is 0 Å². The van der Waals surface area contributed by atoms with Crippen molar-refractivity contribution in [2.75, 3.05) is 0 Å². The maximum Gasteiger partial charge on any atom is 0.237 e. The van der Waals surface area contributed by atoms with E-state index in [1.165, 1.54) is 0 Å². The minimum Gasteiger partial charge on any atom is -0.370 e. The SMILES string of the molecule is CC(CC(N)=O)NC(=O)C(C)Cl. The molecule has 0 aromatic rings. The molecule has 2 unspecified atom stereocenters. The molecule has 0 spiro atoms. The zero-order valence-corrected chi connectivity index (χ0v) is 7.89. The number of hydrogen-bond donors (Lipinski definition) is 2. The molecule has 4 nitrogen and oxygen atoms in total. The van der Waals surface area contributed by atoms with Gasteiger partial charge < -0.3 is 11.1 Å². The van der Waals surface area contributed by atoms with Gasteiger partial charge in [0.25, 0.3) is 0 Å². The number of hydrogen-bond acceptors (Lipinski definition) is 2. The Morgan fingerprint density at radius 3 is 2.33 bits per heavy atom. The van der Waals surface area contributed by atoms with Crippen LogP contribution in [0.5, 0.6) is 0 Å². The van der Waals surface area contributed by atoms with Crippen molar-refractivity contribution in [2.24, 2.45) is 5.73 Å². The molecule has 0 aliphatic heterocycles. The molecule has 0 aromatic carbocycles. The van der Waals surface area contributed by atoms with Gasteiger partial charge in [-0.25, -0.2) is 0 Å². The number of amides is 2. The van der Waals surface area contributed by atoms with Gasteiger partial charge in [0, 0.05) is 12.5 Å². The highest BCUT2D eigenvalue weighted by Gasteiger charge is 2.13. The minimum absolute atomic E-state index is 0.134. The molecule has 2 atom stereocenters. The Labute approximate surface area is 76.4 Å². The quantitative estimate of drug-likeness (QED) is 0.616. The summed E-state index contributed by atoms with van der Waals surface area (Å²) in [4.78, 5) is 21.3. The highest BCUT2D eigenvalue weighted by atomic mass is 35.5. The summed E-state index contributed by atoms with van der Waals surface area (Å²) in [6.07, 6.45) is 0.134. The fraction of sp³-hybridized carbons (Fsp3) is 0.714. The maximum absolute atomic E-state index is 10.9. The zero-order valence-electron chi connectivity index (χ0n) is 7.13. The first kappa shape index (κ1) is 11.2. The van der Waals surface area contributed by atoms with E-state index in [9.17, 15) is 9.59 Å². The Balaban J connectivity index is 3.76. The van der Waals surface area contributed by atoms with Crippen molar-refractivity contribution < 1.29 is 9.59 Å². The summed E-state index contributed by atoms with van der Waals surface area (Å²) >= 11 is 5.48. The van der Waals surface area contributed by atoms with Crippen LogP contribution < -0.4 is 11.1 Å². The first-order valence-electron chi connectivity index (χ1n) is 3.66. The zero-order chi connectivity index (χ0) is 9.72. The summed E-state index contributed by atoms with van der Waals surface area (Å²) in [5, 5.41) is 1.96. The van der Waals surface area contributed by atoms with Crippen LogP contribution in [-0.2, 0) is 9.59 Å². The number of rotatable bonds is 4. The highest BCUT2D eigenvalue weighted by molar-refractivity contribution is 6.30. The fourth-order valence-electron chi connectivity index (χ4n) is 0.710. The third-order valence-corrected chi connectivity index (χ3v) is 1.46. The predicted octanol–water partition coefficient (Wildman–Crippen LogP) is -0.00620. The average Bonchev–Trinajstić information content (AvgIpc) is 1.84. The third kappa shape index (κ3) is 4.96. The smallest absolute Gasteiger partial charge is 0.237 e. The van der Waals surface area contributed by atoms with Crippen LogP contribution in [0.1, 0.15) is 20.3 Å². The molecule has 0 aliphatic carbocycles. The van der Waals surface area contributed by atoms with Crippen molar-refractivity contribution in [1.29, 1.82) is 0 Å². The molecule has 3 N–H and O–H groups in total. The van der Waals surface area contributed by atoms with Gasteiger partial charge in [-0.15, -0.1) is 11.6 Å². The van der Waals surface area contributed by atoms with Crippen molar-refractivity contribution in [1.82, 2.24) is 5.32 Å². The number of primary amides is 1. The molecule has 0 rings (SSSR count). The normalized spacial score (nSPS) is 14.9. The monoisotopic (exact) mass is 192 g/mol. The lowest BCUT2D eigenvalue weighted by molar-refractivity contribution is -0.121. The summed E-state index contributed by atoms with van der Waals surface area (Å²) in [6.45, 7) is 3.26. The number of alkyl halides is 1. The molecule has 0 heterocycles. The summed E-state index contributed by atoms with van der Waals surface area (Å²) in [7, 11) is 0. The van der Waals surface area contributed by atoms with Crippen LogP contribution in [0.15, 0.2) is 0 Å². The number of nitrogens with one attached hydrogen (secondary N) is 1. The molecule has 0 saturated heterocycles. The van der Waals surface area contributed by atoms with E-state index < -0.39 is 11.3 Å². The number of carbonyl (C=O) groups is 2. The second-order valence-corrected chi connectivity index (χ2v) is 3.35. The standard InChI is InChI=1S/C7H13ClN2O2/c1-4(3-6(9)11)10-7(12)5(2)8/h4-5H,3H2,1-2H3,(H2,9,11)(H,10,12). The Morgan fingerprint density at radius 2 is 2.00 bits per heavy atom. The maximum atomic E-state index is 10.9. The minimum atomic E-state index is -0.583. The Bertz CT molecular complexity index is 182. The second-order valence-electron chi connectivity index (χ2n) is 2.70. The largest absolute Gasteiger partial charge is 0.370 e. The Morgan fingerprint density at radius 1 is 1.50 bits per heavy atom. The van der Waals surface area contributed by atoms with Crippen LogP contribution in [0.4, 0.5) is 0 Å². The van der Waals surface area contributed by atoms with E-state index >= 15 is 0 Å². The first-order valence-corrected chi connectivity index (χ1v) is 4.10. The van der Waals surface area contributed by atoms with E-state index in [1.807, 2.05) is 0 Å². The van der Waals surface area contributed by atoms with E-state index in [2.05, 4.69) is 5.32 Å². The molecule has 0 bridgehead atoms. The Kier molecular flexibility index (Phi) is 4.66. The van der Waals surface area contributed by atoms with Crippen molar-refractivity contribution in [3.05, 3.63) is 0 Å². The van der Waals surface area contributed by atoms with Crippen molar-refractivity contribution in [3.8, 4) is 0 Å². The van der Waals surface area contributed by atoms with Gasteiger partial charge in [0.1, 0.15) is 5.38 Å². The van der Waals surface area contributed by atoms with E-state index in [4.69, 9.17) is 17.3 Å². The molecule has 0 aromatic heterocycles. The topological polar surface area (TPSA) is 72.2 Å². The molecular weight excluding hydrogens is 180 g/mol. The van der Waals surface area contributed by atoms with Crippen molar-refractivity contribution in [3.63, 3.8) is 0 Å². The van der Waals surface area contributed by atoms with Crippen LogP contribution in [0.3, 0.4) is 0 Å². The summed E-state index contributed by atoms with van der Waals surface area (Å²) < 4.78 is 0. The number of halogens is 1. The molecule has 12 heavy (non-hydrogen) atoms.